The second-order valence-electron chi connectivity index (χ2n) is 10.2. The molecule has 0 spiro atoms. The molecule has 184 valence electrons. The van der Waals surface area contributed by atoms with Gasteiger partial charge in [0.25, 0.3) is 0 Å². The Labute approximate surface area is 204 Å². The maximum Gasteiger partial charge on any atom is 0.306 e. The van der Waals surface area contributed by atoms with Gasteiger partial charge in [-0.15, -0.1) is 11.6 Å². The number of allylic oxidation sites excluding steroid dienone is 2. The van der Waals surface area contributed by atoms with Gasteiger partial charge in [0.05, 0.1) is 18.3 Å². The molecule has 2 fully saturated rings. The maximum atomic E-state index is 11.6. The summed E-state index contributed by atoms with van der Waals surface area (Å²) in [5.41, 5.74) is 2.08. The normalized spacial score (nSPS) is 27.3. The number of carbonyl (C=O) groups is 1. The number of alkyl halides is 1. The summed E-state index contributed by atoms with van der Waals surface area (Å²) in [6.07, 6.45) is 12.7. The zero-order valence-electron chi connectivity index (χ0n) is 20.2. The zero-order valence-corrected chi connectivity index (χ0v) is 20.9. The van der Waals surface area contributed by atoms with Gasteiger partial charge in [-0.25, -0.2) is 0 Å². The Kier molecular flexibility index (Phi) is 10.3. The van der Waals surface area contributed by atoms with Crippen LogP contribution in [0.2, 0.25) is 0 Å². The van der Waals surface area contributed by atoms with Gasteiger partial charge in [-0.05, 0) is 75.3 Å². The number of hydrogen-bond acceptors (Lipinski definition) is 4. The summed E-state index contributed by atoms with van der Waals surface area (Å²) < 4.78 is 5.16. The average Bonchev–Trinajstić information content (AvgIpc) is 3.08. The minimum Gasteiger partial charge on any atom is -0.463 e. The molecule has 2 N–H and O–H groups in total. The minimum absolute atomic E-state index is 0.000886. The number of rotatable bonds is 10. The highest BCUT2D eigenvalue weighted by molar-refractivity contribution is 6.21. The fourth-order valence-electron chi connectivity index (χ4n) is 5.52. The van der Waals surface area contributed by atoms with Gasteiger partial charge >= 0.3 is 5.97 Å². The van der Waals surface area contributed by atoms with Crippen LogP contribution in [0.25, 0.3) is 0 Å². The van der Waals surface area contributed by atoms with E-state index in [1.165, 1.54) is 19.3 Å². The van der Waals surface area contributed by atoms with Crippen LogP contribution >= 0.6 is 11.6 Å². The van der Waals surface area contributed by atoms with Crippen LogP contribution in [0.15, 0.2) is 36.4 Å². The molecule has 0 radical (unpaired) electrons. The second-order valence-corrected chi connectivity index (χ2v) is 10.7. The van der Waals surface area contributed by atoms with Gasteiger partial charge in [0.15, 0.2) is 0 Å². The fourth-order valence-corrected chi connectivity index (χ4v) is 5.96. The zero-order chi connectivity index (χ0) is 23.8. The Morgan fingerprint density at radius 1 is 1.15 bits per heavy atom. The molecular weight excluding hydrogens is 436 g/mol. The molecule has 0 bridgehead atoms. The van der Waals surface area contributed by atoms with Gasteiger partial charge in [-0.1, -0.05) is 55.7 Å². The van der Waals surface area contributed by atoms with E-state index in [9.17, 15) is 15.0 Å². The van der Waals surface area contributed by atoms with Crippen molar-refractivity contribution in [3.8, 4) is 0 Å². The SMILES string of the molecule is CC(C)OC(=O)CCC/C=C/CC1C(Cl)CC(O)C1c1ccc(C(O)C2CCCCC2)cc1. The molecule has 1 aromatic carbocycles. The van der Waals surface area contributed by atoms with E-state index in [4.69, 9.17) is 16.3 Å². The standard InChI is InChI=1S/C28H41ClO4/c1-19(2)33-26(31)13-9-4-3-8-12-23-24(29)18-25(30)27(23)20-14-16-22(17-15-20)28(32)21-10-6-5-7-11-21/h3,8,14-17,19,21,23-25,27-28,30,32H,4-7,9-13,18H2,1-2H3/b8-3+. The van der Waals surface area contributed by atoms with Gasteiger partial charge in [0.2, 0.25) is 0 Å². The number of aliphatic hydroxyl groups is 2. The first-order valence-electron chi connectivity index (χ1n) is 12.8. The molecular formula is C28H41ClO4. The molecule has 0 amide bonds. The molecule has 0 aromatic heterocycles. The van der Waals surface area contributed by atoms with Crippen LogP contribution in [0.5, 0.6) is 0 Å². The van der Waals surface area contributed by atoms with E-state index in [0.29, 0.717) is 18.8 Å². The van der Waals surface area contributed by atoms with E-state index in [-0.39, 0.29) is 29.3 Å². The maximum absolute atomic E-state index is 11.6. The minimum atomic E-state index is -0.453. The predicted octanol–water partition coefficient (Wildman–Crippen LogP) is 6.44. The van der Waals surface area contributed by atoms with Crippen molar-refractivity contribution < 1.29 is 19.7 Å². The number of esters is 1. The third kappa shape index (κ3) is 7.56. The van der Waals surface area contributed by atoms with Crippen LogP contribution in [-0.4, -0.2) is 33.8 Å². The Bertz CT molecular complexity index is 754. The summed E-state index contributed by atoms with van der Waals surface area (Å²) in [5, 5.41) is 21.5. The molecule has 0 aliphatic heterocycles. The van der Waals surface area contributed by atoms with Gasteiger partial charge in [0.1, 0.15) is 0 Å². The van der Waals surface area contributed by atoms with E-state index in [0.717, 1.165) is 43.2 Å². The van der Waals surface area contributed by atoms with Crippen molar-refractivity contribution in [2.45, 2.75) is 108 Å². The predicted molar refractivity (Wildman–Crippen MR) is 133 cm³/mol. The van der Waals surface area contributed by atoms with Crippen molar-refractivity contribution in [1.29, 1.82) is 0 Å². The Morgan fingerprint density at radius 2 is 1.85 bits per heavy atom. The van der Waals surface area contributed by atoms with Crippen LogP contribution in [0, 0.1) is 11.8 Å². The number of benzene rings is 1. The van der Waals surface area contributed by atoms with Crippen LogP contribution in [0.3, 0.4) is 0 Å². The van der Waals surface area contributed by atoms with E-state index < -0.39 is 12.2 Å². The monoisotopic (exact) mass is 476 g/mol. The smallest absolute Gasteiger partial charge is 0.306 e. The van der Waals surface area contributed by atoms with Crippen molar-refractivity contribution >= 4 is 17.6 Å². The number of halogens is 1. The van der Waals surface area contributed by atoms with E-state index in [1.807, 2.05) is 26.0 Å². The van der Waals surface area contributed by atoms with Gasteiger partial charge in [0, 0.05) is 17.7 Å². The molecule has 2 saturated carbocycles. The highest BCUT2D eigenvalue weighted by Crippen LogP contribution is 2.45. The highest BCUT2D eigenvalue weighted by atomic mass is 35.5. The molecule has 3 rings (SSSR count). The second kappa shape index (κ2) is 12.9. The number of ether oxygens (including phenoxy) is 1. The van der Waals surface area contributed by atoms with Crippen molar-refractivity contribution in [3.63, 3.8) is 0 Å². The first kappa shape index (κ1) is 26.2. The quantitative estimate of drug-likeness (QED) is 0.176. The topological polar surface area (TPSA) is 66.8 Å². The lowest BCUT2D eigenvalue weighted by atomic mass is 9.81. The van der Waals surface area contributed by atoms with Crippen molar-refractivity contribution in [2.24, 2.45) is 11.8 Å². The summed E-state index contributed by atoms with van der Waals surface area (Å²) in [4.78, 5) is 11.6. The van der Waals surface area contributed by atoms with Gasteiger partial charge in [-0.3, -0.25) is 4.79 Å². The third-order valence-electron chi connectivity index (χ3n) is 7.26. The van der Waals surface area contributed by atoms with Crippen molar-refractivity contribution in [2.75, 3.05) is 0 Å². The number of unbranched alkanes of at least 4 members (excludes halogenated alkanes) is 1. The number of hydrogen-bond donors (Lipinski definition) is 2. The molecule has 5 unspecified atom stereocenters. The number of carbonyl (C=O) groups excluding carboxylic acids is 1. The lowest BCUT2D eigenvalue weighted by Crippen LogP contribution is -2.19. The third-order valence-corrected chi connectivity index (χ3v) is 7.76. The largest absolute Gasteiger partial charge is 0.463 e. The van der Waals surface area contributed by atoms with Gasteiger partial charge < -0.3 is 14.9 Å². The fraction of sp³-hybridized carbons (Fsp3) is 0.679. The molecule has 4 nitrogen and oxygen atoms in total. The van der Waals surface area contributed by atoms with E-state index >= 15 is 0 Å². The Morgan fingerprint density at radius 3 is 2.52 bits per heavy atom. The van der Waals surface area contributed by atoms with Crippen LogP contribution in [0.1, 0.15) is 101 Å². The molecule has 5 atom stereocenters. The summed E-state index contributed by atoms with van der Waals surface area (Å²) in [6.45, 7) is 3.72. The first-order valence-corrected chi connectivity index (χ1v) is 13.2. The molecule has 2 aliphatic carbocycles. The summed E-state index contributed by atoms with van der Waals surface area (Å²) >= 11 is 6.64. The summed E-state index contributed by atoms with van der Waals surface area (Å²) in [5.74, 6) is 0.381. The van der Waals surface area contributed by atoms with Crippen LogP contribution in [-0.2, 0) is 9.53 Å². The molecule has 33 heavy (non-hydrogen) atoms. The van der Waals surface area contributed by atoms with Gasteiger partial charge in [-0.2, -0.15) is 0 Å². The lowest BCUT2D eigenvalue weighted by molar-refractivity contribution is -0.147. The lowest BCUT2D eigenvalue weighted by Gasteiger charge is -2.27. The van der Waals surface area contributed by atoms with E-state index in [2.05, 4.69) is 24.3 Å². The average molecular weight is 477 g/mol. The number of aliphatic hydroxyl groups excluding tert-OH is 2. The summed E-state index contributed by atoms with van der Waals surface area (Å²) in [7, 11) is 0. The van der Waals surface area contributed by atoms with E-state index in [1.54, 1.807) is 0 Å². The highest BCUT2D eigenvalue weighted by Gasteiger charge is 2.41. The molecule has 1 aromatic rings. The molecule has 0 heterocycles. The molecule has 5 heteroatoms. The molecule has 0 saturated heterocycles. The Hall–Kier alpha value is -1.36. The van der Waals surface area contributed by atoms with Crippen LogP contribution in [0.4, 0.5) is 0 Å². The summed E-state index contributed by atoms with van der Waals surface area (Å²) in [6, 6.07) is 8.21. The molecule has 2 aliphatic rings. The van der Waals surface area contributed by atoms with Crippen molar-refractivity contribution in [3.05, 3.63) is 47.5 Å². The Balaban J connectivity index is 1.54. The first-order chi connectivity index (χ1) is 15.9. The van der Waals surface area contributed by atoms with Crippen LogP contribution < -0.4 is 0 Å². The van der Waals surface area contributed by atoms with Crippen molar-refractivity contribution in [1.82, 2.24) is 0 Å².